The van der Waals surface area contributed by atoms with Crippen molar-refractivity contribution in [2.45, 2.75) is 18.5 Å². The van der Waals surface area contributed by atoms with Crippen molar-refractivity contribution < 1.29 is 14.4 Å². The number of hydrogen-bond acceptors (Lipinski definition) is 5. The number of carbonyl (C=O) groups is 3. The monoisotopic (exact) mass is 390 g/mol. The highest BCUT2D eigenvalue weighted by Gasteiger charge is 2.40. The van der Waals surface area contributed by atoms with E-state index in [-0.39, 0.29) is 23.9 Å². The average molecular weight is 390 g/mol. The molecule has 1 aromatic carbocycles. The first kappa shape index (κ1) is 18.4. The number of carbonyl (C=O) groups excluding carboxylic acids is 3. The molecule has 2 atom stereocenters. The number of benzene rings is 1. The Kier molecular flexibility index (Phi) is 4.78. The second-order valence-corrected chi connectivity index (χ2v) is 6.70. The van der Waals surface area contributed by atoms with E-state index < -0.39 is 6.03 Å². The van der Waals surface area contributed by atoms with Crippen LogP contribution in [0.15, 0.2) is 54.9 Å². The number of fused-ring (bicyclic) bond motifs is 1. The zero-order valence-corrected chi connectivity index (χ0v) is 15.3. The van der Waals surface area contributed by atoms with Crippen LogP contribution in [-0.4, -0.2) is 39.9 Å². The van der Waals surface area contributed by atoms with Crippen molar-refractivity contribution in [3.8, 4) is 0 Å². The lowest BCUT2D eigenvalue weighted by atomic mass is 10.2. The Labute approximate surface area is 165 Å². The first-order chi connectivity index (χ1) is 14.0. The van der Waals surface area contributed by atoms with E-state index in [4.69, 9.17) is 5.73 Å². The molecular formula is C20H18N6O3. The van der Waals surface area contributed by atoms with Gasteiger partial charge in [-0.1, -0.05) is 6.07 Å². The third-order valence-corrected chi connectivity index (χ3v) is 4.56. The lowest BCUT2D eigenvalue weighted by Crippen LogP contribution is -2.35. The Morgan fingerprint density at radius 2 is 1.72 bits per heavy atom. The van der Waals surface area contributed by atoms with Gasteiger partial charge < -0.3 is 21.7 Å². The highest BCUT2D eigenvalue weighted by molar-refractivity contribution is 6.04. The zero-order valence-electron chi connectivity index (χ0n) is 15.3. The van der Waals surface area contributed by atoms with Crippen LogP contribution in [0.5, 0.6) is 0 Å². The number of nitrogens with one attached hydrogen (secondary N) is 3. The van der Waals surface area contributed by atoms with Crippen LogP contribution in [0.25, 0.3) is 10.9 Å². The van der Waals surface area contributed by atoms with Crippen LogP contribution in [0.3, 0.4) is 0 Å². The van der Waals surface area contributed by atoms with Crippen LogP contribution in [0.1, 0.15) is 27.3 Å². The maximum absolute atomic E-state index is 12.6. The summed E-state index contributed by atoms with van der Waals surface area (Å²) >= 11 is 0. The van der Waals surface area contributed by atoms with E-state index in [0.29, 0.717) is 34.3 Å². The fourth-order valence-electron chi connectivity index (χ4n) is 3.07. The van der Waals surface area contributed by atoms with E-state index in [1.165, 1.54) is 6.07 Å². The molecule has 5 N–H and O–H groups in total. The molecule has 0 bridgehead atoms. The molecule has 1 fully saturated rings. The van der Waals surface area contributed by atoms with Gasteiger partial charge in [0.25, 0.3) is 11.8 Å². The van der Waals surface area contributed by atoms with Gasteiger partial charge in [0, 0.05) is 29.0 Å². The van der Waals surface area contributed by atoms with Crippen LogP contribution in [0.4, 0.5) is 10.5 Å². The van der Waals surface area contributed by atoms with Crippen molar-refractivity contribution in [3.05, 3.63) is 66.1 Å². The Balaban J connectivity index is 1.37. The van der Waals surface area contributed by atoms with E-state index in [0.717, 1.165) is 0 Å². The van der Waals surface area contributed by atoms with Gasteiger partial charge in [0.05, 0.1) is 17.6 Å². The van der Waals surface area contributed by atoms with Gasteiger partial charge in [0.1, 0.15) is 5.69 Å². The van der Waals surface area contributed by atoms with E-state index >= 15 is 0 Å². The summed E-state index contributed by atoms with van der Waals surface area (Å²) in [4.78, 5) is 44.3. The SMILES string of the molecule is NC(=O)Nc1cccc(C(=O)N[C@H]2C[C@@H]2NC(=O)c2nccc3ncccc23)c1. The number of hydrogen-bond donors (Lipinski definition) is 4. The Hall–Kier alpha value is -4.01. The zero-order chi connectivity index (χ0) is 20.4. The molecule has 3 aromatic rings. The Morgan fingerprint density at radius 3 is 2.52 bits per heavy atom. The van der Waals surface area contributed by atoms with Gasteiger partial charge in [-0.15, -0.1) is 0 Å². The third kappa shape index (κ3) is 4.13. The number of amides is 4. The number of primary amides is 1. The maximum atomic E-state index is 12.6. The number of pyridine rings is 2. The summed E-state index contributed by atoms with van der Waals surface area (Å²) in [6.45, 7) is 0. The molecule has 0 spiro atoms. The molecule has 9 nitrogen and oxygen atoms in total. The Morgan fingerprint density at radius 1 is 0.931 bits per heavy atom. The van der Waals surface area contributed by atoms with Gasteiger partial charge >= 0.3 is 6.03 Å². The van der Waals surface area contributed by atoms with Gasteiger partial charge in [-0.2, -0.15) is 0 Å². The summed E-state index contributed by atoms with van der Waals surface area (Å²) in [7, 11) is 0. The molecule has 1 aliphatic carbocycles. The average Bonchev–Trinajstić information content (AvgIpc) is 3.44. The summed E-state index contributed by atoms with van der Waals surface area (Å²) < 4.78 is 0. The fourth-order valence-corrected chi connectivity index (χ4v) is 3.07. The molecule has 29 heavy (non-hydrogen) atoms. The maximum Gasteiger partial charge on any atom is 0.316 e. The number of urea groups is 1. The molecular weight excluding hydrogens is 372 g/mol. The van der Waals surface area contributed by atoms with Crippen molar-refractivity contribution in [1.29, 1.82) is 0 Å². The molecule has 0 unspecified atom stereocenters. The van der Waals surface area contributed by atoms with Crippen molar-refractivity contribution in [2.24, 2.45) is 5.73 Å². The predicted octanol–water partition coefficient (Wildman–Crippen LogP) is 1.42. The molecule has 4 rings (SSSR count). The van der Waals surface area contributed by atoms with Crippen molar-refractivity contribution in [1.82, 2.24) is 20.6 Å². The van der Waals surface area contributed by atoms with E-state index in [1.54, 1.807) is 48.8 Å². The molecule has 1 aliphatic rings. The summed E-state index contributed by atoms with van der Waals surface area (Å²) in [5.41, 5.74) is 6.90. The third-order valence-electron chi connectivity index (χ3n) is 4.56. The lowest BCUT2D eigenvalue weighted by Gasteiger charge is -2.09. The molecule has 9 heteroatoms. The molecule has 146 valence electrons. The summed E-state index contributed by atoms with van der Waals surface area (Å²) in [5, 5.41) is 8.85. The number of nitrogens with two attached hydrogens (primary N) is 1. The highest BCUT2D eigenvalue weighted by Crippen LogP contribution is 2.23. The molecule has 2 aromatic heterocycles. The Bertz CT molecular complexity index is 1110. The summed E-state index contributed by atoms with van der Waals surface area (Å²) in [6.07, 6.45) is 3.83. The van der Waals surface area contributed by atoms with E-state index in [9.17, 15) is 14.4 Å². The highest BCUT2D eigenvalue weighted by atomic mass is 16.2. The number of nitrogens with zero attached hydrogens (tertiary/aromatic N) is 2. The second-order valence-electron chi connectivity index (χ2n) is 6.70. The van der Waals surface area contributed by atoms with Gasteiger partial charge in [-0.3, -0.25) is 19.6 Å². The quantitative estimate of drug-likeness (QED) is 0.522. The first-order valence-corrected chi connectivity index (χ1v) is 8.99. The largest absolute Gasteiger partial charge is 0.351 e. The normalized spacial score (nSPS) is 17.4. The first-order valence-electron chi connectivity index (χ1n) is 8.99. The van der Waals surface area contributed by atoms with Crippen molar-refractivity contribution in [2.75, 3.05) is 5.32 Å². The van der Waals surface area contributed by atoms with Gasteiger partial charge in [0.15, 0.2) is 0 Å². The van der Waals surface area contributed by atoms with Gasteiger partial charge in [-0.25, -0.2) is 4.79 Å². The lowest BCUT2D eigenvalue weighted by molar-refractivity contribution is 0.0925. The van der Waals surface area contributed by atoms with Crippen molar-refractivity contribution in [3.63, 3.8) is 0 Å². The van der Waals surface area contributed by atoms with E-state index in [2.05, 4.69) is 25.9 Å². The number of anilines is 1. The fraction of sp³-hybridized carbons (Fsp3) is 0.150. The van der Waals surface area contributed by atoms with Crippen LogP contribution in [0.2, 0.25) is 0 Å². The van der Waals surface area contributed by atoms with Crippen molar-refractivity contribution >= 4 is 34.4 Å². The molecule has 4 amide bonds. The second kappa shape index (κ2) is 7.55. The molecule has 1 saturated carbocycles. The topological polar surface area (TPSA) is 139 Å². The molecule has 0 aliphatic heterocycles. The summed E-state index contributed by atoms with van der Waals surface area (Å²) in [6, 6.07) is 10.7. The van der Waals surface area contributed by atoms with Gasteiger partial charge in [0.2, 0.25) is 0 Å². The molecule has 0 radical (unpaired) electrons. The van der Waals surface area contributed by atoms with Gasteiger partial charge in [-0.05, 0) is 42.8 Å². The van der Waals surface area contributed by atoms with Crippen LogP contribution in [0, 0.1) is 0 Å². The van der Waals surface area contributed by atoms with Crippen LogP contribution in [-0.2, 0) is 0 Å². The van der Waals surface area contributed by atoms with Crippen LogP contribution >= 0.6 is 0 Å². The molecule has 0 saturated heterocycles. The predicted molar refractivity (Wildman–Crippen MR) is 106 cm³/mol. The minimum Gasteiger partial charge on any atom is -0.351 e. The summed E-state index contributed by atoms with van der Waals surface area (Å²) in [5.74, 6) is -0.606. The number of rotatable bonds is 5. The minimum atomic E-state index is -0.704. The molecule has 2 heterocycles. The minimum absolute atomic E-state index is 0.174. The van der Waals surface area contributed by atoms with Crippen LogP contribution < -0.4 is 21.7 Å². The standard InChI is InChI=1S/C20H18N6O3/c21-20(29)24-12-4-1-3-11(9-12)18(27)25-15-10-16(15)26-19(28)17-13-5-2-7-22-14(13)6-8-23-17/h1-9,15-16H,10H2,(H,25,27)(H,26,28)(H3,21,24,29)/t15-,16-/m0/s1. The smallest absolute Gasteiger partial charge is 0.316 e. The number of aromatic nitrogens is 2. The van der Waals surface area contributed by atoms with E-state index in [1.807, 2.05) is 0 Å².